The first kappa shape index (κ1) is 18.4. The summed E-state index contributed by atoms with van der Waals surface area (Å²) < 4.78 is 0. The molecule has 114 valence electrons. The smallest absolute Gasteiger partial charge is 0.235 e. The largest absolute Gasteiger partial charge is 0.274 e. The molecule has 0 aliphatic heterocycles. The molecule has 0 atom stereocenters. The molecule has 0 saturated carbocycles. The van der Waals surface area contributed by atoms with Crippen molar-refractivity contribution in [2.45, 2.75) is 66.2 Å². The summed E-state index contributed by atoms with van der Waals surface area (Å²) in [6.45, 7) is 10.9. The van der Waals surface area contributed by atoms with Gasteiger partial charge in [-0.2, -0.15) is 5.12 Å². The molecule has 0 unspecified atom stereocenters. The molecule has 0 aromatic rings. The van der Waals surface area contributed by atoms with Gasteiger partial charge in [-0.3, -0.25) is 10.2 Å². The molecule has 2 N–H and O–H groups in total. The fourth-order valence-electron chi connectivity index (χ4n) is 1.90. The van der Waals surface area contributed by atoms with Crippen LogP contribution in [0.25, 0.3) is 0 Å². The van der Waals surface area contributed by atoms with Crippen molar-refractivity contribution in [1.29, 1.82) is 0 Å². The predicted octanol–water partition coefficient (Wildman–Crippen LogP) is 2.46. The molecular formula is C14H32N4O. The van der Waals surface area contributed by atoms with Crippen LogP contribution in [0.1, 0.15) is 66.2 Å². The molecule has 0 bridgehead atoms. The van der Waals surface area contributed by atoms with Crippen LogP contribution in [0.2, 0.25) is 0 Å². The van der Waals surface area contributed by atoms with Crippen LogP contribution in [0.5, 0.6) is 0 Å². The number of nitrogens with one attached hydrogen (secondary N) is 2. The Morgan fingerprint density at radius 2 is 1.68 bits per heavy atom. The van der Waals surface area contributed by atoms with Gasteiger partial charge < -0.3 is 0 Å². The molecule has 0 heterocycles. The highest BCUT2D eigenvalue weighted by Gasteiger charge is 2.14. The minimum Gasteiger partial charge on any atom is -0.274 e. The highest BCUT2D eigenvalue weighted by atomic mass is 16.2. The Balaban J connectivity index is 4.30. The number of carbonyl (C=O) groups excluding carboxylic acids is 1. The van der Waals surface area contributed by atoms with Crippen molar-refractivity contribution >= 4 is 5.91 Å². The molecule has 0 aromatic heterocycles. The van der Waals surface area contributed by atoms with E-state index in [1.54, 1.807) is 0 Å². The number of unbranched alkanes of at least 4 members (excludes halogenated alkanes) is 3. The number of carbonyl (C=O) groups is 1. The van der Waals surface area contributed by atoms with Gasteiger partial charge in [-0.05, 0) is 19.8 Å². The van der Waals surface area contributed by atoms with Gasteiger partial charge in [0.1, 0.15) is 0 Å². The summed E-state index contributed by atoms with van der Waals surface area (Å²) in [7, 11) is 0. The maximum absolute atomic E-state index is 11.8. The van der Waals surface area contributed by atoms with E-state index in [-0.39, 0.29) is 5.91 Å². The van der Waals surface area contributed by atoms with Gasteiger partial charge in [-0.25, -0.2) is 5.43 Å². The normalized spacial score (nSPS) is 11.3. The van der Waals surface area contributed by atoms with Crippen LogP contribution >= 0.6 is 0 Å². The van der Waals surface area contributed by atoms with Crippen LogP contribution in [0.4, 0.5) is 0 Å². The van der Waals surface area contributed by atoms with Crippen molar-refractivity contribution in [3.05, 3.63) is 0 Å². The molecule has 0 saturated heterocycles. The van der Waals surface area contributed by atoms with E-state index in [0.29, 0.717) is 6.42 Å². The van der Waals surface area contributed by atoms with Gasteiger partial charge in [0.2, 0.25) is 5.91 Å². The monoisotopic (exact) mass is 272 g/mol. The summed E-state index contributed by atoms with van der Waals surface area (Å²) >= 11 is 0. The third-order valence-electron chi connectivity index (χ3n) is 2.89. The lowest BCUT2D eigenvalue weighted by Crippen LogP contribution is -2.58. The van der Waals surface area contributed by atoms with Crippen molar-refractivity contribution in [2.24, 2.45) is 0 Å². The highest BCUT2D eigenvalue weighted by molar-refractivity contribution is 5.75. The van der Waals surface area contributed by atoms with Gasteiger partial charge in [0, 0.05) is 26.1 Å². The zero-order valence-electron chi connectivity index (χ0n) is 13.2. The third kappa shape index (κ3) is 8.97. The first-order chi connectivity index (χ1) is 9.19. The van der Waals surface area contributed by atoms with E-state index in [1.807, 2.05) is 17.2 Å². The van der Waals surface area contributed by atoms with E-state index in [1.165, 1.54) is 19.3 Å². The molecule has 19 heavy (non-hydrogen) atoms. The minimum absolute atomic E-state index is 0.0920. The molecule has 0 radical (unpaired) electrons. The second-order valence-electron chi connectivity index (χ2n) is 4.70. The van der Waals surface area contributed by atoms with Crippen molar-refractivity contribution in [1.82, 2.24) is 21.1 Å². The Bertz CT molecular complexity index is 223. The van der Waals surface area contributed by atoms with E-state index >= 15 is 0 Å². The Kier molecular flexibility index (Phi) is 12.0. The Labute approximate surface area is 118 Å². The Morgan fingerprint density at radius 3 is 2.21 bits per heavy atom. The number of amides is 1. The molecule has 0 aromatic carbocycles. The number of hydrazine groups is 3. The number of hydrogen-bond acceptors (Lipinski definition) is 4. The van der Waals surface area contributed by atoms with Crippen molar-refractivity contribution < 1.29 is 4.79 Å². The fraction of sp³-hybridized carbons (Fsp3) is 0.929. The summed E-state index contributed by atoms with van der Waals surface area (Å²) in [4.78, 5) is 11.8. The molecule has 0 fully saturated rings. The van der Waals surface area contributed by atoms with Crippen LogP contribution in [0.15, 0.2) is 0 Å². The van der Waals surface area contributed by atoms with Crippen molar-refractivity contribution in [3.8, 4) is 0 Å². The molecule has 5 nitrogen and oxygen atoms in total. The SMILES string of the molecule is CCCCCCN(NC(=O)CCC)N(CC)NCC. The van der Waals surface area contributed by atoms with Gasteiger partial charge in [0.05, 0.1) is 0 Å². The summed E-state index contributed by atoms with van der Waals surface area (Å²) in [5.74, 6) is 0.0920. The van der Waals surface area contributed by atoms with Crippen LogP contribution < -0.4 is 10.9 Å². The van der Waals surface area contributed by atoms with Crippen LogP contribution in [0, 0.1) is 0 Å². The summed E-state index contributed by atoms with van der Waals surface area (Å²) in [6, 6.07) is 0. The summed E-state index contributed by atoms with van der Waals surface area (Å²) in [5.41, 5.74) is 6.25. The Hall–Kier alpha value is -0.650. The Morgan fingerprint density at radius 1 is 0.947 bits per heavy atom. The molecule has 5 heteroatoms. The second-order valence-corrected chi connectivity index (χ2v) is 4.70. The van der Waals surface area contributed by atoms with Gasteiger partial charge in [0.25, 0.3) is 0 Å². The molecule has 0 rings (SSSR count). The van der Waals surface area contributed by atoms with E-state index in [9.17, 15) is 4.79 Å². The van der Waals surface area contributed by atoms with Gasteiger partial charge >= 0.3 is 0 Å². The summed E-state index contributed by atoms with van der Waals surface area (Å²) in [5, 5.41) is 3.91. The zero-order chi connectivity index (χ0) is 14.5. The molecule has 1 amide bonds. The highest BCUT2D eigenvalue weighted by Crippen LogP contribution is 2.02. The second kappa shape index (κ2) is 12.4. The standard InChI is InChI=1S/C14H32N4O/c1-5-9-10-11-13-18(16-14(19)12-6-2)17(8-4)15-7-3/h15H,5-13H2,1-4H3,(H,16,19). The predicted molar refractivity (Wildman–Crippen MR) is 80.0 cm³/mol. The van der Waals surface area contributed by atoms with Gasteiger partial charge in [0.15, 0.2) is 0 Å². The van der Waals surface area contributed by atoms with Crippen molar-refractivity contribution in [3.63, 3.8) is 0 Å². The zero-order valence-corrected chi connectivity index (χ0v) is 13.2. The number of rotatable bonds is 12. The lowest BCUT2D eigenvalue weighted by atomic mass is 10.2. The first-order valence-electron chi connectivity index (χ1n) is 7.77. The van der Waals surface area contributed by atoms with Crippen LogP contribution in [-0.2, 0) is 4.79 Å². The van der Waals surface area contributed by atoms with E-state index in [4.69, 9.17) is 0 Å². The lowest BCUT2D eigenvalue weighted by molar-refractivity contribution is -0.147. The van der Waals surface area contributed by atoms with Gasteiger partial charge in [-0.15, -0.1) is 5.12 Å². The fourth-order valence-corrected chi connectivity index (χ4v) is 1.90. The van der Waals surface area contributed by atoms with Crippen LogP contribution in [0.3, 0.4) is 0 Å². The average Bonchev–Trinajstić information content (AvgIpc) is 2.40. The van der Waals surface area contributed by atoms with E-state index in [0.717, 1.165) is 32.5 Å². The first-order valence-corrected chi connectivity index (χ1v) is 7.77. The lowest BCUT2D eigenvalue weighted by Gasteiger charge is -2.34. The van der Waals surface area contributed by atoms with Gasteiger partial charge in [-0.1, -0.05) is 40.0 Å². The summed E-state index contributed by atoms with van der Waals surface area (Å²) in [6.07, 6.45) is 6.25. The number of hydrogen-bond donors (Lipinski definition) is 2. The maximum atomic E-state index is 11.8. The van der Waals surface area contributed by atoms with Crippen LogP contribution in [-0.4, -0.2) is 35.8 Å². The molecular weight excluding hydrogens is 240 g/mol. The third-order valence-corrected chi connectivity index (χ3v) is 2.89. The molecule has 0 aliphatic rings. The molecule has 0 aliphatic carbocycles. The quantitative estimate of drug-likeness (QED) is 0.423. The minimum atomic E-state index is 0.0920. The molecule has 0 spiro atoms. The maximum Gasteiger partial charge on any atom is 0.235 e. The topological polar surface area (TPSA) is 47.6 Å². The van der Waals surface area contributed by atoms with E-state index in [2.05, 4.69) is 31.6 Å². The number of nitrogens with zero attached hydrogens (tertiary/aromatic N) is 2. The van der Waals surface area contributed by atoms with E-state index < -0.39 is 0 Å². The average molecular weight is 272 g/mol. The van der Waals surface area contributed by atoms with Crippen molar-refractivity contribution in [2.75, 3.05) is 19.6 Å².